The van der Waals surface area contributed by atoms with Gasteiger partial charge in [-0.1, -0.05) is 23.2 Å². The molecular weight excluding hydrogens is 336 g/mol. The van der Waals surface area contributed by atoms with Crippen LogP contribution < -0.4 is 4.74 Å². The molecule has 0 bridgehead atoms. The van der Waals surface area contributed by atoms with Gasteiger partial charge in [0.05, 0.1) is 29.0 Å². The Morgan fingerprint density at radius 2 is 1.72 bits per heavy atom. The second kappa shape index (κ2) is 5.70. The van der Waals surface area contributed by atoms with Crippen molar-refractivity contribution in [2.45, 2.75) is 20.8 Å². The van der Waals surface area contributed by atoms with Gasteiger partial charge in [0.1, 0.15) is 11.3 Å². The molecule has 0 N–H and O–H groups in total. The maximum atomic E-state index is 6.48. The summed E-state index contributed by atoms with van der Waals surface area (Å²) in [6, 6.07) is 9.64. The van der Waals surface area contributed by atoms with Crippen LogP contribution in [0.2, 0.25) is 5.02 Å². The molecule has 0 unspecified atom stereocenters. The van der Waals surface area contributed by atoms with Crippen LogP contribution in [0, 0.1) is 20.8 Å². The van der Waals surface area contributed by atoms with E-state index in [1.54, 1.807) is 7.11 Å². The van der Waals surface area contributed by atoms with Gasteiger partial charge in [-0.2, -0.15) is 4.98 Å². The second-order valence-electron chi connectivity index (χ2n) is 6.08. The lowest BCUT2D eigenvalue weighted by atomic mass is 10.1. The Labute approximate surface area is 150 Å². The number of ether oxygens (including phenoxy) is 1. The third-order valence-electron chi connectivity index (χ3n) is 4.30. The SMILES string of the molecule is COc1ccc2nc(C)c3c(C)nc(-c4cc(C)ccc4Cl)n3c2n1. The molecule has 0 aliphatic heterocycles. The Kier molecular flexibility index (Phi) is 3.62. The molecule has 4 rings (SSSR count). The molecule has 0 saturated carbocycles. The van der Waals surface area contributed by atoms with Crippen molar-refractivity contribution in [2.24, 2.45) is 0 Å². The van der Waals surface area contributed by atoms with E-state index >= 15 is 0 Å². The van der Waals surface area contributed by atoms with Crippen molar-refractivity contribution < 1.29 is 4.74 Å². The highest BCUT2D eigenvalue weighted by Gasteiger charge is 2.19. The van der Waals surface area contributed by atoms with Crippen LogP contribution >= 0.6 is 11.6 Å². The molecule has 4 aromatic rings. The van der Waals surface area contributed by atoms with Gasteiger partial charge in [0.25, 0.3) is 0 Å². The first-order valence-electron chi connectivity index (χ1n) is 7.96. The summed E-state index contributed by atoms with van der Waals surface area (Å²) in [4.78, 5) is 14.1. The van der Waals surface area contributed by atoms with Gasteiger partial charge in [-0.3, -0.25) is 4.40 Å². The van der Waals surface area contributed by atoms with Gasteiger partial charge in [-0.05, 0) is 39.0 Å². The van der Waals surface area contributed by atoms with Crippen molar-refractivity contribution in [3.05, 3.63) is 52.3 Å². The monoisotopic (exact) mass is 352 g/mol. The fraction of sp³-hybridized carbons (Fsp3) is 0.211. The molecule has 6 heteroatoms. The number of benzene rings is 1. The summed E-state index contributed by atoms with van der Waals surface area (Å²) >= 11 is 6.48. The Morgan fingerprint density at radius 1 is 0.960 bits per heavy atom. The molecule has 0 aliphatic rings. The fourth-order valence-electron chi connectivity index (χ4n) is 3.17. The van der Waals surface area contributed by atoms with Crippen molar-refractivity contribution in [1.82, 2.24) is 19.4 Å². The van der Waals surface area contributed by atoms with Crippen LogP contribution in [0.1, 0.15) is 17.0 Å². The lowest BCUT2D eigenvalue weighted by molar-refractivity contribution is 0.399. The molecular formula is C19H17ClN4O. The van der Waals surface area contributed by atoms with Gasteiger partial charge in [-0.25, -0.2) is 9.97 Å². The Morgan fingerprint density at radius 3 is 2.48 bits per heavy atom. The van der Waals surface area contributed by atoms with E-state index in [-0.39, 0.29) is 0 Å². The normalized spacial score (nSPS) is 11.4. The van der Waals surface area contributed by atoms with Crippen LogP contribution in [0.5, 0.6) is 5.88 Å². The number of aromatic nitrogens is 4. The molecule has 0 spiro atoms. The molecule has 1 aromatic carbocycles. The zero-order chi connectivity index (χ0) is 17.7. The van der Waals surface area contributed by atoms with Crippen LogP contribution in [0.15, 0.2) is 30.3 Å². The van der Waals surface area contributed by atoms with E-state index in [9.17, 15) is 0 Å². The Hall–Kier alpha value is -2.66. The van der Waals surface area contributed by atoms with Gasteiger partial charge in [0, 0.05) is 11.6 Å². The topological polar surface area (TPSA) is 52.3 Å². The van der Waals surface area contributed by atoms with E-state index in [0.29, 0.717) is 16.5 Å². The van der Waals surface area contributed by atoms with Crippen LogP contribution in [0.4, 0.5) is 0 Å². The van der Waals surface area contributed by atoms with Crippen molar-refractivity contribution in [1.29, 1.82) is 0 Å². The summed E-state index contributed by atoms with van der Waals surface area (Å²) < 4.78 is 7.32. The smallest absolute Gasteiger partial charge is 0.215 e. The Balaban J connectivity index is 2.20. The van der Waals surface area contributed by atoms with Crippen LogP contribution in [0.3, 0.4) is 0 Å². The zero-order valence-corrected chi connectivity index (χ0v) is 15.2. The van der Waals surface area contributed by atoms with E-state index in [1.165, 1.54) is 0 Å². The van der Waals surface area contributed by atoms with Gasteiger partial charge >= 0.3 is 0 Å². The standard InChI is InChI=1S/C19H17ClN4O/c1-10-5-6-14(20)13(9-10)18-22-12(3)17-11(2)21-15-7-8-16(25-4)23-19(15)24(17)18/h5-9H,1-4H3. The van der Waals surface area contributed by atoms with Gasteiger partial charge < -0.3 is 4.74 Å². The molecule has 0 atom stereocenters. The largest absolute Gasteiger partial charge is 0.481 e. The minimum Gasteiger partial charge on any atom is -0.481 e. The third kappa shape index (κ3) is 2.43. The van der Waals surface area contributed by atoms with Crippen LogP contribution in [-0.4, -0.2) is 26.5 Å². The number of hydrogen-bond donors (Lipinski definition) is 0. The highest BCUT2D eigenvalue weighted by molar-refractivity contribution is 6.33. The average Bonchev–Trinajstić information content (AvgIpc) is 2.95. The van der Waals surface area contributed by atoms with E-state index in [4.69, 9.17) is 21.3 Å². The quantitative estimate of drug-likeness (QED) is 0.531. The number of halogens is 1. The highest BCUT2D eigenvalue weighted by Crippen LogP contribution is 2.32. The van der Waals surface area contributed by atoms with Crippen molar-refractivity contribution in [3.63, 3.8) is 0 Å². The predicted octanol–water partition coefficient (Wildman–Crippen LogP) is 4.53. The van der Waals surface area contributed by atoms with Gasteiger partial charge in [-0.15, -0.1) is 0 Å². The van der Waals surface area contributed by atoms with Gasteiger partial charge in [0.15, 0.2) is 5.65 Å². The summed E-state index contributed by atoms with van der Waals surface area (Å²) in [5.41, 5.74) is 6.22. The number of aryl methyl sites for hydroxylation is 3. The lowest BCUT2D eigenvalue weighted by Gasteiger charge is -2.10. The maximum Gasteiger partial charge on any atom is 0.215 e. The van der Waals surface area contributed by atoms with E-state index in [2.05, 4.69) is 9.97 Å². The first-order valence-corrected chi connectivity index (χ1v) is 8.34. The lowest BCUT2D eigenvalue weighted by Crippen LogP contribution is -2.01. The molecule has 0 radical (unpaired) electrons. The number of rotatable bonds is 2. The van der Waals surface area contributed by atoms with Crippen molar-refractivity contribution in [2.75, 3.05) is 7.11 Å². The number of pyridine rings is 1. The molecule has 0 saturated heterocycles. The number of imidazole rings is 1. The Bertz CT molecular complexity index is 1130. The number of hydrogen-bond acceptors (Lipinski definition) is 4. The fourth-order valence-corrected chi connectivity index (χ4v) is 3.38. The summed E-state index contributed by atoms with van der Waals surface area (Å²) in [5.74, 6) is 1.30. The third-order valence-corrected chi connectivity index (χ3v) is 4.62. The zero-order valence-electron chi connectivity index (χ0n) is 14.5. The summed E-state index contributed by atoms with van der Waals surface area (Å²) in [5, 5.41) is 0.656. The molecule has 3 aromatic heterocycles. The van der Waals surface area contributed by atoms with Crippen molar-refractivity contribution >= 4 is 28.3 Å². The maximum absolute atomic E-state index is 6.48. The first kappa shape index (κ1) is 15.8. The predicted molar refractivity (Wildman–Crippen MR) is 99.5 cm³/mol. The number of methoxy groups -OCH3 is 1. The van der Waals surface area contributed by atoms with E-state index in [0.717, 1.165) is 39.4 Å². The molecule has 0 aliphatic carbocycles. The summed E-state index contributed by atoms with van der Waals surface area (Å²) in [6.45, 7) is 5.99. The highest BCUT2D eigenvalue weighted by atomic mass is 35.5. The molecule has 0 amide bonds. The molecule has 126 valence electrons. The second-order valence-corrected chi connectivity index (χ2v) is 6.49. The molecule has 25 heavy (non-hydrogen) atoms. The van der Waals surface area contributed by atoms with E-state index < -0.39 is 0 Å². The summed E-state index contributed by atoms with van der Waals surface area (Å²) in [6.07, 6.45) is 0. The summed E-state index contributed by atoms with van der Waals surface area (Å²) in [7, 11) is 1.60. The first-order chi connectivity index (χ1) is 12.0. The number of fused-ring (bicyclic) bond motifs is 3. The minimum atomic E-state index is 0.534. The minimum absolute atomic E-state index is 0.534. The average molecular weight is 353 g/mol. The van der Waals surface area contributed by atoms with Gasteiger partial charge in [0.2, 0.25) is 5.88 Å². The molecule has 3 heterocycles. The molecule has 5 nitrogen and oxygen atoms in total. The number of nitrogens with zero attached hydrogens (tertiary/aromatic N) is 4. The van der Waals surface area contributed by atoms with Crippen LogP contribution in [0.25, 0.3) is 28.1 Å². The van der Waals surface area contributed by atoms with Crippen LogP contribution in [-0.2, 0) is 0 Å². The molecule has 0 fully saturated rings. The van der Waals surface area contributed by atoms with E-state index in [1.807, 2.05) is 55.5 Å². The van der Waals surface area contributed by atoms with Crippen molar-refractivity contribution in [3.8, 4) is 17.3 Å².